The summed E-state index contributed by atoms with van der Waals surface area (Å²) in [5.41, 5.74) is 3.34. The van der Waals surface area contributed by atoms with Crippen LogP contribution in [0.15, 0.2) is 54.6 Å². The third kappa shape index (κ3) is 1.72. The second-order valence-corrected chi connectivity index (χ2v) is 3.13. The van der Waals surface area contributed by atoms with E-state index in [2.05, 4.69) is 12.1 Å². The van der Waals surface area contributed by atoms with Crippen molar-refractivity contribution in [3.63, 3.8) is 0 Å². The zero-order valence-corrected chi connectivity index (χ0v) is 7.77. The van der Waals surface area contributed by atoms with Crippen LogP contribution in [0, 0.1) is 5.41 Å². The van der Waals surface area contributed by atoms with E-state index in [-0.39, 0.29) is 0 Å². The van der Waals surface area contributed by atoms with Gasteiger partial charge in [0.2, 0.25) is 0 Å². The molecule has 2 aromatic rings. The smallest absolute Gasteiger partial charge is 0.0250 e. The molecule has 0 atom stereocenters. The van der Waals surface area contributed by atoms with Gasteiger partial charge in [-0.15, -0.1) is 0 Å². The van der Waals surface area contributed by atoms with Crippen LogP contribution in [0.4, 0.5) is 0 Å². The van der Waals surface area contributed by atoms with Gasteiger partial charge in [-0.05, 0) is 16.7 Å². The van der Waals surface area contributed by atoms with Gasteiger partial charge in [0.1, 0.15) is 0 Å². The SMILES string of the molecule is N=Cc1ccc(-c2ccccc2)cc1. The highest BCUT2D eigenvalue weighted by atomic mass is 14.3. The quantitative estimate of drug-likeness (QED) is 0.687. The van der Waals surface area contributed by atoms with E-state index in [4.69, 9.17) is 5.41 Å². The first-order valence-corrected chi connectivity index (χ1v) is 4.56. The Labute approximate surface area is 83.5 Å². The molecular formula is C13H11N. The average molecular weight is 181 g/mol. The van der Waals surface area contributed by atoms with Crippen LogP contribution in [0.2, 0.25) is 0 Å². The van der Waals surface area contributed by atoms with Crippen LogP contribution in [0.1, 0.15) is 5.56 Å². The molecule has 0 unspecified atom stereocenters. The van der Waals surface area contributed by atoms with Crippen molar-refractivity contribution >= 4 is 6.21 Å². The number of hydrogen-bond donors (Lipinski definition) is 1. The molecule has 0 saturated heterocycles. The highest BCUT2D eigenvalue weighted by molar-refractivity contribution is 5.78. The van der Waals surface area contributed by atoms with Gasteiger partial charge in [-0.3, -0.25) is 0 Å². The summed E-state index contributed by atoms with van der Waals surface area (Å²) in [7, 11) is 0. The van der Waals surface area contributed by atoms with Crippen LogP contribution < -0.4 is 0 Å². The van der Waals surface area contributed by atoms with Gasteiger partial charge in [0, 0.05) is 6.21 Å². The highest BCUT2D eigenvalue weighted by Crippen LogP contribution is 2.18. The summed E-state index contributed by atoms with van der Waals surface area (Å²) in [6, 6.07) is 18.2. The lowest BCUT2D eigenvalue weighted by Gasteiger charge is -2.00. The molecule has 0 aliphatic rings. The van der Waals surface area contributed by atoms with Crippen LogP contribution in [-0.2, 0) is 0 Å². The summed E-state index contributed by atoms with van der Waals surface area (Å²) in [5.74, 6) is 0. The summed E-state index contributed by atoms with van der Waals surface area (Å²) in [6.07, 6.45) is 1.36. The van der Waals surface area contributed by atoms with Gasteiger partial charge in [0.25, 0.3) is 0 Å². The third-order valence-corrected chi connectivity index (χ3v) is 2.18. The predicted octanol–water partition coefficient (Wildman–Crippen LogP) is 3.35. The molecule has 68 valence electrons. The minimum Gasteiger partial charge on any atom is -0.308 e. The maximum atomic E-state index is 7.09. The van der Waals surface area contributed by atoms with Gasteiger partial charge in [0.05, 0.1) is 0 Å². The lowest BCUT2D eigenvalue weighted by atomic mass is 10.0. The minimum atomic E-state index is 0.935. The van der Waals surface area contributed by atoms with Crippen LogP contribution in [0.3, 0.4) is 0 Å². The molecule has 0 aliphatic carbocycles. The minimum absolute atomic E-state index is 0.935. The molecule has 0 saturated carbocycles. The highest BCUT2D eigenvalue weighted by Gasteiger charge is 1.94. The molecule has 2 rings (SSSR count). The molecule has 0 spiro atoms. The largest absolute Gasteiger partial charge is 0.308 e. The summed E-state index contributed by atoms with van der Waals surface area (Å²) in [6.45, 7) is 0. The topological polar surface area (TPSA) is 23.9 Å². The normalized spacial score (nSPS) is 9.71. The van der Waals surface area contributed by atoms with E-state index >= 15 is 0 Å². The van der Waals surface area contributed by atoms with Gasteiger partial charge in [-0.1, -0.05) is 54.6 Å². The van der Waals surface area contributed by atoms with E-state index in [1.54, 1.807) is 0 Å². The van der Waals surface area contributed by atoms with Crippen molar-refractivity contribution in [1.29, 1.82) is 5.41 Å². The first kappa shape index (κ1) is 8.70. The van der Waals surface area contributed by atoms with Gasteiger partial charge in [-0.25, -0.2) is 0 Å². The van der Waals surface area contributed by atoms with Crippen molar-refractivity contribution in [2.75, 3.05) is 0 Å². The molecule has 0 heterocycles. The fourth-order valence-corrected chi connectivity index (χ4v) is 1.40. The van der Waals surface area contributed by atoms with Crippen LogP contribution in [-0.4, -0.2) is 6.21 Å². The third-order valence-electron chi connectivity index (χ3n) is 2.18. The summed E-state index contributed by atoms with van der Waals surface area (Å²) >= 11 is 0. The number of hydrogen-bond acceptors (Lipinski definition) is 1. The summed E-state index contributed by atoms with van der Waals surface area (Å²) in [4.78, 5) is 0. The Kier molecular flexibility index (Phi) is 2.41. The molecule has 0 radical (unpaired) electrons. The van der Waals surface area contributed by atoms with Gasteiger partial charge in [-0.2, -0.15) is 0 Å². The molecular weight excluding hydrogens is 170 g/mol. The van der Waals surface area contributed by atoms with E-state index in [1.165, 1.54) is 17.3 Å². The fraction of sp³-hybridized carbons (Fsp3) is 0. The van der Waals surface area contributed by atoms with Crippen LogP contribution >= 0.6 is 0 Å². The second-order valence-electron chi connectivity index (χ2n) is 3.13. The summed E-state index contributed by atoms with van der Waals surface area (Å²) in [5, 5.41) is 7.09. The van der Waals surface area contributed by atoms with Crippen molar-refractivity contribution in [1.82, 2.24) is 0 Å². The van der Waals surface area contributed by atoms with Crippen LogP contribution in [0.5, 0.6) is 0 Å². The Hall–Kier alpha value is -1.89. The first-order valence-electron chi connectivity index (χ1n) is 4.56. The summed E-state index contributed by atoms with van der Waals surface area (Å²) < 4.78 is 0. The lowest BCUT2D eigenvalue weighted by molar-refractivity contribution is 1.53. The van der Waals surface area contributed by atoms with Crippen molar-refractivity contribution in [2.45, 2.75) is 0 Å². The molecule has 0 aliphatic heterocycles. The molecule has 2 aromatic carbocycles. The molecule has 1 heteroatoms. The second kappa shape index (κ2) is 3.88. The van der Waals surface area contributed by atoms with Crippen molar-refractivity contribution in [2.24, 2.45) is 0 Å². The zero-order valence-electron chi connectivity index (χ0n) is 7.77. The molecule has 1 nitrogen and oxygen atoms in total. The zero-order chi connectivity index (χ0) is 9.80. The first-order chi connectivity index (χ1) is 6.90. The molecule has 0 aromatic heterocycles. The van der Waals surface area contributed by atoms with E-state index in [1.807, 2.05) is 42.5 Å². The number of benzene rings is 2. The maximum Gasteiger partial charge on any atom is 0.0250 e. The van der Waals surface area contributed by atoms with E-state index < -0.39 is 0 Å². The molecule has 14 heavy (non-hydrogen) atoms. The average Bonchev–Trinajstić information content (AvgIpc) is 2.30. The predicted molar refractivity (Wildman–Crippen MR) is 59.8 cm³/mol. The molecule has 0 fully saturated rings. The Morgan fingerprint density at radius 1 is 0.714 bits per heavy atom. The molecule has 1 N–H and O–H groups in total. The number of rotatable bonds is 2. The van der Waals surface area contributed by atoms with Crippen molar-refractivity contribution in [3.8, 4) is 11.1 Å². The van der Waals surface area contributed by atoms with E-state index in [9.17, 15) is 0 Å². The standard InChI is InChI=1S/C13H11N/c14-10-11-6-8-13(9-7-11)12-4-2-1-3-5-12/h1-10,14H. The monoisotopic (exact) mass is 181 g/mol. The van der Waals surface area contributed by atoms with E-state index in [0.717, 1.165) is 5.56 Å². The van der Waals surface area contributed by atoms with Gasteiger partial charge >= 0.3 is 0 Å². The van der Waals surface area contributed by atoms with Crippen molar-refractivity contribution in [3.05, 3.63) is 60.2 Å². The Morgan fingerprint density at radius 2 is 1.29 bits per heavy atom. The maximum absolute atomic E-state index is 7.09. The van der Waals surface area contributed by atoms with Gasteiger partial charge in [0.15, 0.2) is 0 Å². The van der Waals surface area contributed by atoms with Crippen LogP contribution in [0.25, 0.3) is 11.1 Å². The van der Waals surface area contributed by atoms with Crippen molar-refractivity contribution < 1.29 is 0 Å². The molecule has 0 bridgehead atoms. The Balaban J connectivity index is 2.39. The Morgan fingerprint density at radius 3 is 1.86 bits per heavy atom. The molecule has 0 amide bonds. The van der Waals surface area contributed by atoms with Gasteiger partial charge < -0.3 is 5.41 Å². The lowest BCUT2D eigenvalue weighted by Crippen LogP contribution is -1.80. The Bertz CT molecular complexity index is 415. The fourth-order valence-electron chi connectivity index (χ4n) is 1.40. The van der Waals surface area contributed by atoms with E-state index in [0.29, 0.717) is 0 Å². The number of nitrogens with one attached hydrogen (secondary N) is 1.